The summed E-state index contributed by atoms with van der Waals surface area (Å²) in [5, 5.41) is 12.4. The van der Waals surface area contributed by atoms with Gasteiger partial charge in [-0.3, -0.25) is 9.69 Å². The van der Waals surface area contributed by atoms with Gasteiger partial charge < -0.3 is 10.4 Å². The number of hydrogen-bond donors (Lipinski definition) is 2. The molecule has 0 heterocycles. The Balaban J connectivity index is 2.76. The molecule has 0 saturated carbocycles. The van der Waals surface area contributed by atoms with Gasteiger partial charge in [0.15, 0.2) is 0 Å². The molecule has 0 bridgehead atoms. The molecule has 1 aromatic carbocycles. The molecular formula is C14H21FN2O2. The Morgan fingerprint density at radius 3 is 2.63 bits per heavy atom. The quantitative estimate of drug-likeness (QED) is 0.857. The fraction of sp³-hybridized carbons (Fsp3) is 0.500. The number of phenolic OH excluding ortho intramolecular Hbond substituents is 1. The Kier molecular flexibility index (Phi) is 5.30. The summed E-state index contributed by atoms with van der Waals surface area (Å²) < 4.78 is 12.9. The topological polar surface area (TPSA) is 52.6 Å². The van der Waals surface area contributed by atoms with Crippen molar-refractivity contribution < 1.29 is 14.3 Å². The van der Waals surface area contributed by atoms with Crippen LogP contribution >= 0.6 is 0 Å². The van der Waals surface area contributed by atoms with Crippen molar-refractivity contribution in [1.82, 2.24) is 10.2 Å². The van der Waals surface area contributed by atoms with Gasteiger partial charge in [0, 0.05) is 37.2 Å². The summed E-state index contributed by atoms with van der Waals surface area (Å²) in [6.45, 7) is 4.30. The maximum Gasteiger partial charge on any atom is 0.223 e. The molecular weight excluding hydrogens is 247 g/mol. The van der Waals surface area contributed by atoms with Gasteiger partial charge in [-0.15, -0.1) is 0 Å². The lowest BCUT2D eigenvalue weighted by Crippen LogP contribution is -2.35. The highest BCUT2D eigenvalue weighted by Crippen LogP contribution is 2.28. The average Bonchev–Trinajstić information content (AvgIpc) is 2.36. The third kappa shape index (κ3) is 3.92. The molecule has 0 fully saturated rings. The smallest absolute Gasteiger partial charge is 0.223 e. The number of carbonyl (C=O) groups excluding carboxylic acids is 1. The first-order chi connectivity index (χ1) is 8.86. The van der Waals surface area contributed by atoms with Crippen LogP contribution in [0.15, 0.2) is 18.2 Å². The minimum atomic E-state index is -0.463. The summed E-state index contributed by atoms with van der Waals surface area (Å²) in [5.74, 6) is -0.704. The Morgan fingerprint density at radius 1 is 1.47 bits per heavy atom. The van der Waals surface area contributed by atoms with E-state index in [0.717, 1.165) is 6.07 Å². The fourth-order valence-electron chi connectivity index (χ4n) is 2.03. The van der Waals surface area contributed by atoms with E-state index < -0.39 is 5.82 Å². The molecule has 0 saturated heterocycles. The lowest BCUT2D eigenvalue weighted by Gasteiger charge is -2.27. The van der Waals surface area contributed by atoms with Crippen LogP contribution in [0.4, 0.5) is 4.39 Å². The van der Waals surface area contributed by atoms with Gasteiger partial charge >= 0.3 is 0 Å². The highest BCUT2D eigenvalue weighted by Gasteiger charge is 2.20. The van der Waals surface area contributed by atoms with Crippen LogP contribution in [0.2, 0.25) is 0 Å². The molecule has 2 atom stereocenters. The second-order valence-corrected chi connectivity index (χ2v) is 4.83. The molecule has 106 valence electrons. The number of aromatic hydroxyl groups is 1. The first-order valence-electron chi connectivity index (χ1n) is 6.27. The molecule has 2 N–H and O–H groups in total. The minimum absolute atomic E-state index is 0.0256. The zero-order chi connectivity index (χ0) is 14.6. The summed E-state index contributed by atoms with van der Waals surface area (Å²) in [4.78, 5) is 13.4. The number of rotatable bonds is 5. The number of nitrogens with zero attached hydrogens (tertiary/aromatic N) is 1. The van der Waals surface area contributed by atoms with E-state index in [9.17, 15) is 14.3 Å². The molecule has 5 heteroatoms. The van der Waals surface area contributed by atoms with Gasteiger partial charge in [-0.1, -0.05) is 13.0 Å². The Labute approximate surface area is 113 Å². The molecule has 0 aliphatic carbocycles. The van der Waals surface area contributed by atoms with E-state index in [0.29, 0.717) is 12.1 Å². The zero-order valence-electron chi connectivity index (χ0n) is 11.8. The third-order valence-corrected chi connectivity index (χ3v) is 3.36. The molecule has 0 aliphatic rings. The van der Waals surface area contributed by atoms with Crippen molar-refractivity contribution in [3.8, 4) is 5.75 Å². The summed E-state index contributed by atoms with van der Waals surface area (Å²) in [6, 6.07) is 3.88. The van der Waals surface area contributed by atoms with Crippen LogP contribution in [0.25, 0.3) is 0 Å². The van der Waals surface area contributed by atoms with Crippen LogP contribution in [-0.4, -0.2) is 36.6 Å². The summed E-state index contributed by atoms with van der Waals surface area (Å²) in [6.07, 6.45) is 0. The number of phenols is 1. The highest BCUT2D eigenvalue weighted by atomic mass is 19.1. The van der Waals surface area contributed by atoms with E-state index in [-0.39, 0.29) is 23.6 Å². The predicted molar refractivity (Wildman–Crippen MR) is 72.3 cm³/mol. The molecule has 19 heavy (non-hydrogen) atoms. The van der Waals surface area contributed by atoms with Crippen LogP contribution in [0.3, 0.4) is 0 Å². The lowest BCUT2D eigenvalue weighted by molar-refractivity contribution is -0.124. The van der Waals surface area contributed by atoms with Gasteiger partial charge in [-0.25, -0.2) is 4.39 Å². The van der Waals surface area contributed by atoms with Gasteiger partial charge in [0.25, 0.3) is 0 Å². The van der Waals surface area contributed by atoms with Crippen molar-refractivity contribution in [2.75, 3.05) is 20.6 Å². The average molecular weight is 268 g/mol. The van der Waals surface area contributed by atoms with Gasteiger partial charge in [-0.2, -0.15) is 0 Å². The number of amides is 1. The van der Waals surface area contributed by atoms with E-state index in [2.05, 4.69) is 5.32 Å². The third-order valence-electron chi connectivity index (χ3n) is 3.36. The summed E-state index contributed by atoms with van der Waals surface area (Å²) in [5.41, 5.74) is 0.646. The SMILES string of the molecule is CNC(=O)C(C)CN(C)C(C)c1ccc(F)cc1O. The molecule has 4 nitrogen and oxygen atoms in total. The maximum absolute atomic E-state index is 12.9. The number of hydrogen-bond acceptors (Lipinski definition) is 3. The highest BCUT2D eigenvalue weighted by molar-refractivity contribution is 5.78. The van der Waals surface area contributed by atoms with E-state index in [4.69, 9.17) is 0 Å². The molecule has 1 amide bonds. The molecule has 0 radical (unpaired) electrons. The van der Waals surface area contributed by atoms with Crippen LogP contribution < -0.4 is 5.32 Å². The van der Waals surface area contributed by atoms with E-state index in [1.54, 1.807) is 13.1 Å². The monoisotopic (exact) mass is 268 g/mol. The van der Waals surface area contributed by atoms with Crippen LogP contribution in [-0.2, 0) is 4.79 Å². The van der Waals surface area contributed by atoms with Crippen LogP contribution in [0.1, 0.15) is 25.5 Å². The molecule has 1 aromatic rings. The molecule has 0 spiro atoms. The van der Waals surface area contributed by atoms with Gasteiger partial charge in [-0.05, 0) is 20.0 Å². The Morgan fingerprint density at radius 2 is 2.11 bits per heavy atom. The Bertz CT molecular complexity index is 451. The first kappa shape index (κ1) is 15.4. The molecule has 0 aliphatic heterocycles. The van der Waals surface area contributed by atoms with Gasteiger partial charge in [0.05, 0.1) is 0 Å². The lowest BCUT2D eigenvalue weighted by atomic mass is 10.0. The van der Waals surface area contributed by atoms with Crippen molar-refractivity contribution in [2.24, 2.45) is 5.92 Å². The normalized spacial score (nSPS) is 14.2. The van der Waals surface area contributed by atoms with E-state index in [1.807, 2.05) is 25.8 Å². The van der Waals surface area contributed by atoms with Crippen molar-refractivity contribution in [2.45, 2.75) is 19.9 Å². The maximum atomic E-state index is 12.9. The second-order valence-electron chi connectivity index (χ2n) is 4.83. The molecule has 2 unspecified atom stereocenters. The summed E-state index contributed by atoms with van der Waals surface area (Å²) >= 11 is 0. The number of benzene rings is 1. The zero-order valence-corrected chi connectivity index (χ0v) is 11.8. The van der Waals surface area contributed by atoms with E-state index in [1.165, 1.54) is 6.07 Å². The van der Waals surface area contributed by atoms with Crippen molar-refractivity contribution in [3.05, 3.63) is 29.6 Å². The van der Waals surface area contributed by atoms with Crippen molar-refractivity contribution >= 4 is 5.91 Å². The molecule has 1 rings (SSSR count). The van der Waals surface area contributed by atoms with Crippen molar-refractivity contribution in [3.63, 3.8) is 0 Å². The first-order valence-corrected chi connectivity index (χ1v) is 6.27. The minimum Gasteiger partial charge on any atom is -0.508 e. The number of carbonyl (C=O) groups is 1. The molecule has 0 aromatic heterocycles. The number of nitrogens with one attached hydrogen (secondary N) is 1. The van der Waals surface area contributed by atoms with Crippen molar-refractivity contribution in [1.29, 1.82) is 0 Å². The Hall–Kier alpha value is -1.62. The standard InChI is InChI=1S/C14H21FN2O2/c1-9(14(19)16-3)8-17(4)10(2)12-6-5-11(15)7-13(12)18/h5-7,9-10,18H,8H2,1-4H3,(H,16,19). The predicted octanol–water partition coefficient (Wildman–Crippen LogP) is 1.91. The summed E-state index contributed by atoms with van der Waals surface area (Å²) in [7, 11) is 3.47. The fourth-order valence-corrected chi connectivity index (χ4v) is 2.03. The van der Waals surface area contributed by atoms with E-state index >= 15 is 0 Å². The largest absolute Gasteiger partial charge is 0.508 e. The van der Waals surface area contributed by atoms with Gasteiger partial charge in [0.1, 0.15) is 11.6 Å². The number of halogens is 1. The van der Waals surface area contributed by atoms with Crippen LogP contribution in [0.5, 0.6) is 5.75 Å². The van der Waals surface area contributed by atoms with Gasteiger partial charge in [0.2, 0.25) is 5.91 Å². The van der Waals surface area contributed by atoms with Crippen LogP contribution in [0, 0.1) is 11.7 Å². The second kappa shape index (κ2) is 6.52.